The minimum Gasteiger partial charge on any atom is -0.353 e. The molecule has 0 radical (unpaired) electrons. The van der Waals surface area contributed by atoms with Gasteiger partial charge in [-0.25, -0.2) is 0 Å². The third-order valence-corrected chi connectivity index (χ3v) is 3.28. The number of nitrogens with one attached hydrogen (secondary N) is 1. The summed E-state index contributed by atoms with van der Waals surface area (Å²) in [5.41, 5.74) is 5.34. The Morgan fingerprint density at radius 2 is 2.18 bits per heavy atom. The first-order valence-corrected chi connectivity index (χ1v) is 6.89. The molecule has 1 unspecified atom stereocenters. The molecule has 0 spiro atoms. The van der Waals surface area contributed by atoms with Gasteiger partial charge in [-0.1, -0.05) is 24.9 Å². The second-order valence-corrected chi connectivity index (χ2v) is 4.86. The summed E-state index contributed by atoms with van der Waals surface area (Å²) in [7, 11) is 0. The first-order valence-electron chi connectivity index (χ1n) is 6.08. The first-order chi connectivity index (χ1) is 8.11. The lowest BCUT2D eigenvalue weighted by atomic mass is 10.2. The molecule has 3 nitrogen and oxygen atoms in total. The number of unbranched alkanes of at least 4 members (excludes halogenated alkanes) is 1. The number of hydrogen-bond donors (Lipinski definition) is 2. The van der Waals surface area contributed by atoms with Gasteiger partial charge in [0.05, 0.1) is 5.38 Å². The number of rotatable bonds is 9. The van der Waals surface area contributed by atoms with Gasteiger partial charge in [0.25, 0.3) is 0 Å². The lowest BCUT2D eigenvalue weighted by Gasteiger charge is -2.07. The molecule has 1 atom stereocenters. The maximum atomic E-state index is 11.3. The Hall–Kier alpha value is -0.250. The molecule has 0 aromatic carbocycles. The van der Waals surface area contributed by atoms with Crippen molar-refractivity contribution in [1.82, 2.24) is 5.32 Å². The Morgan fingerprint density at radius 3 is 2.76 bits per heavy atom. The highest BCUT2D eigenvalue weighted by Gasteiger charge is 2.07. The molecule has 0 aromatic rings. The van der Waals surface area contributed by atoms with Crippen molar-refractivity contribution in [2.45, 2.75) is 44.4 Å². The molecule has 3 N–H and O–H groups in total. The first kappa shape index (κ1) is 16.8. The highest BCUT2D eigenvalue weighted by molar-refractivity contribution is 6.37. The number of halogens is 2. The van der Waals surface area contributed by atoms with Crippen molar-refractivity contribution < 1.29 is 4.79 Å². The van der Waals surface area contributed by atoms with Crippen molar-refractivity contribution in [3.8, 4) is 0 Å². The van der Waals surface area contributed by atoms with Gasteiger partial charge in [0.2, 0.25) is 5.91 Å². The molecule has 5 heteroatoms. The van der Waals surface area contributed by atoms with E-state index in [1.807, 2.05) is 0 Å². The molecular formula is C12H22Cl2N2O. The third kappa shape index (κ3) is 9.45. The number of carbonyl (C=O) groups is 1. The van der Waals surface area contributed by atoms with Crippen molar-refractivity contribution in [1.29, 1.82) is 0 Å². The fraction of sp³-hybridized carbons (Fsp3) is 0.750. The van der Waals surface area contributed by atoms with E-state index >= 15 is 0 Å². The minimum absolute atomic E-state index is 0.0285. The summed E-state index contributed by atoms with van der Waals surface area (Å²) in [4.78, 5) is 11.3. The van der Waals surface area contributed by atoms with Crippen LogP contribution in [0.15, 0.2) is 11.1 Å². The SMILES string of the molecule is CCCC(Cl)/C(Cl)=C\CNC(=O)CCCCN. The van der Waals surface area contributed by atoms with Crippen LogP contribution in [0.25, 0.3) is 0 Å². The summed E-state index contributed by atoms with van der Waals surface area (Å²) in [6, 6.07) is 0. The average Bonchev–Trinajstić information content (AvgIpc) is 2.29. The Kier molecular flexibility index (Phi) is 10.7. The molecule has 0 aromatic heterocycles. The third-order valence-electron chi connectivity index (χ3n) is 2.30. The van der Waals surface area contributed by atoms with Crippen molar-refractivity contribution in [2.24, 2.45) is 5.73 Å². The summed E-state index contributed by atoms with van der Waals surface area (Å²) < 4.78 is 0. The van der Waals surface area contributed by atoms with E-state index < -0.39 is 0 Å². The van der Waals surface area contributed by atoms with Crippen LogP contribution in [0, 0.1) is 0 Å². The lowest BCUT2D eigenvalue weighted by molar-refractivity contribution is -0.120. The number of allylic oxidation sites excluding steroid dienone is 1. The lowest BCUT2D eigenvalue weighted by Crippen LogP contribution is -2.23. The van der Waals surface area contributed by atoms with Crippen molar-refractivity contribution in [3.63, 3.8) is 0 Å². The molecule has 0 aliphatic heterocycles. The number of hydrogen-bond acceptors (Lipinski definition) is 2. The van der Waals surface area contributed by atoms with E-state index in [0.29, 0.717) is 24.5 Å². The molecular weight excluding hydrogens is 259 g/mol. The number of amides is 1. The van der Waals surface area contributed by atoms with Crippen LogP contribution >= 0.6 is 23.2 Å². The average molecular weight is 281 g/mol. The van der Waals surface area contributed by atoms with Gasteiger partial charge in [0, 0.05) is 18.0 Å². The van der Waals surface area contributed by atoms with Gasteiger partial charge in [-0.05, 0) is 31.9 Å². The molecule has 100 valence electrons. The topological polar surface area (TPSA) is 55.1 Å². The van der Waals surface area contributed by atoms with Gasteiger partial charge in [-0.3, -0.25) is 4.79 Å². The number of carbonyl (C=O) groups excluding carboxylic acids is 1. The summed E-state index contributed by atoms with van der Waals surface area (Å²) in [5.74, 6) is 0.0285. The van der Waals surface area contributed by atoms with Crippen LogP contribution in [-0.4, -0.2) is 24.4 Å². The van der Waals surface area contributed by atoms with Crippen molar-refractivity contribution in [3.05, 3.63) is 11.1 Å². The van der Waals surface area contributed by atoms with E-state index in [0.717, 1.165) is 25.7 Å². The maximum Gasteiger partial charge on any atom is 0.220 e. The Bertz CT molecular complexity index is 245. The van der Waals surface area contributed by atoms with Crippen LogP contribution in [0.3, 0.4) is 0 Å². The fourth-order valence-corrected chi connectivity index (χ4v) is 1.79. The summed E-state index contributed by atoms with van der Waals surface area (Å²) in [5, 5.41) is 3.23. The van der Waals surface area contributed by atoms with Gasteiger partial charge >= 0.3 is 0 Å². The zero-order valence-corrected chi connectivity index (χ0v) is 11.9. The van der Waals surface area contributed by atoms with E-state index in [9.17, 15) is 4.79 Å². The van der Waals surface area contributed by atoms with E-state index in [-0.39, 0.29) is 11.3 Å². The maximum absolute atomic E-state index is 11.3. The Morgan fingerprint density at radius 1 is 1.47 bits per heavy atom. The van der Waals surface area contributed by atoms with Gasteiger partial charge in [-0.15, -0.1) is 11.6 Å². The van der Waals surface area contributed by atoms with Crippen LogP contribution in [0.1, 0.15) is 39.0 Å². The van der Waals surface area contributed by atoms with Crippen LogP contribution < -0.4 is 11.1 Å². The van der Waals surface area contributed by atoms with E-state index in [4.69, 9.17) is 28.9 Å². The van der Waals surface area contributed by atoms with Crippen molar-refractivity contribution in [2.75, 3.05) is 13.1 Å². The van der Waals surface area contributed by atoms with Crippen LogP contribution in [0.4, 0.5) is 0 Å². The highest BCUT2D eigenvalue weighted by atomic mass is 35.5. The molecule has 0 heterocycles. The quantitative estimate of drug-likeness (QED) is 0.504. The summed E-state index contributed by atoms with van der Waals surface area (Å²) in [6.45, 7) is 3.12. The van der Waals surface area contributed by atoms with Gasteiger partial charge in [0.1, 0.15) is 0 Å². The van der Waals surface area contributed by atoms with Gasteiger partial charge in [-0.2, -0.15) is 0 Å². The molecule has 1 amide bonds. The molecule has 0 aliphatic rings. The number of alkyl halides is 1. The fourth-order valence-electron chi connectivity index (χ4n) is 1.30. The zero-order valence-electron chi connectivity index (χ0n) is 10.3. The second-order valence-electron chi connectivity index (χ2n) is 3.90. The van der Waals surface area contributed by atoms with E-state index in [2.05, 4.69) is 12.2 Å². The Balaban J connectivity index is 3.73. The van der Waals surface area contributed by atoms with Crippen LogP contribution in [-0.2, 0) is 4.79 Å². The van der Waals surface area contributed by atoms with Gasteiger partial charge < -0.3 is 11.1 Å². The predicted molar refractivity (Wildman–Crippen MR) is 74.4 cm³/mol. The monoisotopic (exact) mass is 280 g/mol. The summed E-state index contributed by atoms with van der Waals surface area (Å²) in [6.07, 6.45) is 5.82. The number of nitrogens with two attached hydrogens (primary N) is 1. The zero-order chi connectivity index (χ0) is 13.1. The molecule has 0 saturated heterocycles. The van der Waals surface area contributed by atoms with E-state index in [1.165, 1.54) is 0 Å². The Labute approximate surface area is 114 Å². The van der Waals surface area contributed by atoms with Gasteiger partial charge in [0.15, 0.2) is 0 Å². The molecule has 0 bridgehead atoms. The molecule has 17 heavy (non-hydrogen) atoms. The smallest absolute Gasteiger partial charge is 0.220 e. The summed E-state index contributed by atoms with van der Waals surface area (Å²) >= 11 is 12.0. The van der Waals surface area contributed by atoms with E-state index in [1.54, 1.807) is 6.08 Å². The molecule has 0 rings (SSSR count). The highest BCUT2D eigenvalue weighted by Crippen LogP contribution is 2.18. The standard InChI is InChI=1S/C12H22Cl2N2O/c1-2-5-10(13)11(14)7-9-16-12(17)6-3-4-8-15/h7,10H,2-6,8-9,15H2,1H3,(H,16,17)/b11-7+. The molecule has 0 fully saturated rings. The predicted octanol–water partition coefficient (Wildman–Crippen LogP) is 2.76. The second kappa shape index (κ2) is 10.9. The molecule has 0 saturated carbocycles. The largest absolute Gasteiger partial charge is 0.353 e. The van der Waals surface area contributed by atoms with Crippen molar-refractivity contribution >= 4 is 29.1 Å². The van der Waals surface area contributed by atoms with Crippen LogP contribution in [0.5, 0.6) is 0 Å². The van der Waals surface area contributed by atoms with Crippen LogP contribution in [0.2, 0.25) is 0 Å². The normalized spacial score (nSPS) is 13.5. The minimum atomic E-state index is -0.143. The molecule has 0 aliphatic carbocycles.